The summed E-state index contributed by atoms with van der Waals surface area (Å²) in [5, 5.41) is 0. The molecule has 1 saturated heterocycles. The third kappa shape index (κ3) is 3.06. The number of rotatable bonds is 4. The molecule has 0 N–H and O–H groups in total. The van der Waals surface area contributed by atoms with Gasteiger partial charge in [-0.1, -0.05) is 30.3 Å². The van der Waals surface area contributed by atoms with E-state index in [1.54, 1.807) is 24.5 Å². The summed E-state index contributed by atoms with van der Waals surface area (Å²) >= 11 is 0. The Balaban J connectivity index is 1.71. The molecule has 0 bridgehead atoms. The number of benzene rings is 1. The lowest BCUT2D eigenvalue weighted by Crippen LogP contribution is -2.36. The SMILES string of the molecule is O=C(C[C@H]1CCCN1C(=O)c1cccnc1)c1ccccc1. The molecule has 0 spiro atoms. The van der Waals surface area contributed by atoms with Gasteiger partial charge in [0, 0.05) is 37.0 Å². The average Bonchev–Trinajstić information content (AvgIpc) is 3.04. The largest absolute Gasteiger partial charge is 0.335 e. The van der Waals surface area contributed by atoms with Crippen molar-refractivity contribution in [3.8, 4) is 0 Å². The standard InChI is InChI=1S/C18H18N2O2/c21-17(14-6-2-1-3-7-14)12-16-9-5-11-20(16)18(22)15-8-4-10-19-13-15/h1-4,6-8,10,13,16H,5,9,11-12H2/t16-/m1/s1. The number of hydrogen-bond donors (Lipinski definition) is 0. The van der Waals surface area contributed by atoms with E-state index in [4.69, 9.17) is 0 Å². The summed E-state index contributed by atoms with van der Waals surface area (Å²) in [4.78, 5) is 30.7. The molecule has 3 rings (SSSR count). The fourth-order valence-corrected chi connectivity index (χ4v) is 2.93. The van der Waals surface area contributed by atoms with E-state index in [1.807, 2.05) is 35.2 Å². The third-order valence-electron chi connectivity index (χ3n) is 4.06. The Labute approximate surface area is 129 Å². The zero-order valence-electron chi connectivity index (χ0n) is 12.3. The van der Waals surface area contributed by atoms with Crippen LogP contribution in [0.25, 0.3) is 0 Å². The summed E-state index contributed by atoms with van der Waals surface area (Å²) in [5.41, 5.74) is 1.30. The predicted molar refractivity (Wildman–Crippen MR) is 83.7 cm³/mol. The molecule has 0 unspecified atom stereocenters. The first-order valence-corrected chi connectivity index (χ1v) is 7.55. The fourth-order valence-electron chi connectivity index (χ4n) is 2.93. The second-order valence-electron chi connectivity index (χ2n) is 5.53. The highest BCUT2D eigenvalue weighted by Gasteiger charge is 2.31. The number of ketones is 1. The highest BCUT2D eigenvalue weighted by Crippen LogP contribution is 2.23. The third-order valence-corrected chi connectivity index (χ3v) is 4.06. The van der Waals surface area contributed by atoms with Crippen LogP contribution in [0.3, 0.4) is 0 Å². The van der Waals surface area contributed by atoms with Crippen molar-refractivity contribution in [2.45, 2.75) is 25.3 Å². The van der Waals surface area contributed by atoms with Gasteiger partial charge in [0.1, 0.15) is 0 Å². The van der Waals surface area contributed by atoms with Crippen molar-refractivity contribution >= 4 is 11.7 Å². The normalized spacial score (nSPS) is 17.5. The quantitative estimate of drug-likeness (QED) is 0.815. The Kier molecular flexibility index (Phi) is 4.28. The van der Waals surface area contributed by atoms with E-state index in [9.17, 15) is 9.59 Å². The number of carbonyl (C=O) groups excluding carboxylic acids is 2. The maximum atomic E-state index is 12.5. The number of amides is 1. The van der Waals surface area contributed by atoms with Crippen molar-refractivity contribution in [1.29, 1.82) is 0 Å². The van der Waals surface area contributed by atoms with Gasteiger partial charge in [-0.3, -0.25) is 14.6 Å². The smallest absolute Gasteiger partial charge is 0.255 e. The van der Waals surface area contributed by atoms with Crippen LogP contribution in [-0.4, -0.2) is 34.2 Å². The summed E-state index contributed by atoms with van der Waals surface area (Å²) < 4.78 is 0. The highest BCUT2D eigenvalue weighted by atomic mass is 16.2. The second-order valence-corrected chi connectivity index (χ2v) is 5.53. The summed E-state index contributed by atoms with van der Waals surface area (Å²) in [6.45, 7) is 0.709. The molecule has 22 heavy (non-hydrogen) atoms. The number of carbonyl (C=O) groups is 2. The lowest BCUT2D eigenvalue weighted by atomic mass is 10.0. The zero-order chi connectivity index (χ0) is 15.4. The number of aromatic nitrogens is 1. The summed E-state index contributed by atoms with van der Waals surface area (Å²) in [7, 11) is 0. The van der Waals surface area contributed by atoms with E-state index in [0.717, 1.165) is 12.8 Å². The van der Waals surface area contributed by atoms with E-state index in [1.165, 1.54) is 0 Å². The van der Waals surface area contributed by atoms with Crippen molar-refractivity contribution < 1.29 is 9.59 Å². The second kappa shape index (κ2) is 6.52. The minimum absolute atomic E-state index is 0.0135. The first-order valence-electron chi connectivity index (χ1n) is 7.55. The van der Waals surface area contributed by atoms with Crippen LogP contribution in [-0.2, 0) is 0 Å². The molecule has 112 valence electrons. The van der Waals surface area contributed by atoms with Gasteiger partial charge in [0.15, 0.2) is 5.78 Å². The van der Waals surface area contributed by atoms with Gasteiger partial charge in [-0.05, 0) is 25.0 Å². The molecular weight excluding hydrogens is 276 g/mol. The first-order chi connectivity index (χ1) is 10.8. The van der Waals surface area contributed by atoms with Crippen LogP contribution in [0.15, 0.2) is 54.9 Å². The molecule has 0 aliphatic carbocycles. The molecule has 0 saturated carbocycles. The maximum Gasteiger partial charge on any atom is 0.255 e. The molecule has 2 heterocycles. The van der Waals surface area contributed by atoms with Gasteiger partial charge in [0.05, 0.1) is 5.56 Å². The number of Topliss-reactive ketones (excluding diaryl/α,β-unsaturated/α-hetero) is 1. The molecule has 4 nitrogen and oxygen atoms in total. The van der Waals surface area contributed by atoms with Gasteiger partial charge in [-0.15, -0.1) is 0 Å². The fraction of sp³-hybridized carbons (Fsp3) is 0.278. The molecule has 1 amide bonds. The van der Waals surface area contributed by atoms with Crippen LogP contribution in [0.2, 0.25) is 0 Å². The minimum atomic E-state index is -0.0311. The van der Waals surface area contributed by atoms with E-state index < -0.39 is 0 Å². The molecule has 1 aliphatic rings. The maximum absolute atomic E-state index is 12.5. The van der Waals surface area contributed by atoms with Gasteiger partial charge in [-0.25, -0.2) is 0 Å². The Morgan fingerprint density at radius 3 is 2.59 bits per heavy atom. The van der Waals surface area contributed by atoms with Gasteiger partial charge in [0.25, 0.3) is 5.91 Å². The number of nitrogens with zero attached hydrogens (tertiary/aromatic N) is 2. The predicted octanol–water partition coefficient (Wildman–Crippen LogP) is 2.96. The molecule has 0 radical (unpaired) electrons. The zero-order valence-corrected chi connectivity index (χ0v) is 12.3. The molecule has 1 fully saturated rings. The monoisotopic (exact) mass is 294 g/mol. The van der Waals surface area contributed by atoms with Gasteiger partial charge in [0.2, 0.25) is 0 Å². The van der Waals surface area contributed by atoms with Crippen LogP contribution < -0.4 is 0 Å². The Hall–Kier alpha value is -2.49. The summed E-state index contributed by atoms with van der Waals surface area (Å²) in [6.07, 6.45) is 5.44. The van der Waals surface area contributed by atoms with Crippen LogP contribution in [0.5, 0.6) is 0 Å². The highest BCUT2D eigenvalue weighted by molar-refractivity contribution is 5.98. The Morgan fingerprint density at radius 1 is 1.09 bits per heavy atom. The number of pyridine rings is 1. The van der Waals surface area contributed by atoms with Crippen LogP contribution in [0.4, 0.5) is 0 Å². The van der Waals surface area contributed by atoms with Crippen LogP contribution in [0, 0.1) is 0 Å². The topological polar surface area (TPSA) is 50.3 Å². The van der Waals surface area contributed by atoms with Crippen molar-refractivity contribution in [2.75, 3.05) is 6.54 Å². The van der Waals surface area contributed by atoms with E-state index in [-0.39, 0.29) is 17.7 Å². The van der Waals surface area contributed by atoms with E-state index >= 15 is 0 Å². The summed E-state index contributed by atoms with van der Waals surface area (Å²) in [5.74, 6) is 0.0629. The molecular formula is C18H18N2O2. The van der Waals surface area contributed by atoms with Gasteiger partial charge < -0.3 is 4.90 Å². The number of likely N-dealkylation sites (tertiary alicyclic amines) is 1. The molecule has 2 aromatic rings. The van der Waals surface area contributed by atoms with Gasteiger partial charge >= 0.3 is 0 Å². The molecule has 4 heteroatoms. The Bertz CT molecular complexity index is 655. The van der Waals surface area contributed by atoms with E-state index in [0.29, 0.717) is 24.1 Å². The molecule has 1 atom stereocenters. The van der Waals surface area contributed by atoms with Crippen molar-refractivity contribution in [2.24, 2.45) is 0 Å². The number of hydrogen-bond acceptors (Lipinski definition) is 3. The van der Waals surface area contributed by atoms with Crippen molar-refractivity contribution in [3.63, 3.8) is 0 Å². The summed E-state index contributed by atoms with van der Waals surface area (Å²) in [6, 6.07) is 12.8. The Morgan fingerprint density at radius 2 is 1.86 bits per heavy atom. The molecule has 1 aliphatic heterocycles. The van der Waals surface area contributed by atoms with Crippen LogP contribution >= 0.6 is 0 Å². The first kappa shape index (κ1) is 14.4. The van der Waals surface area contributed by atoms with E-state index in [2.05, 4.69) is 4.98 Å². The molecule has 1 aromatic heterocycles. The lowest BCUT2D eigenvalue weighted by molar-refractivity contribution is 0.0716. The van der Waals surface area contributed by atoms with Crippen molar-refractivity contribution in [3.05, 3.63) is 66.0 Å². The van der Waals surface area contributed by atoms with Gasteiger partial charge in [-0.2, -0.15) is 0 Å². The lowest BCUT2D eigenvalue weighted by Gasteiger charge is -2.24. The van der Waals surface area contributed by atoms with Crippen LogP contribution in [0.1, 0.15) is 40.0 Å². The average molecular weight is 294 g/mol. The van der Waals surface area contributed by atoms with Crippen molar-refractivity contribution in [1.82, 2.24) is 9.88 Å². The molecule has 1 aromatic carbocycles. The minimum Gasteiger partial charge on any atom is -0.335 e.